The number of halogens is 1. The van der Waals surface area contributed by atoms with Gasteiger partial charge in [-0.1, -0.05) is 35.9 Å². The van der Waals surface area contributed by atoms with E-state index in [4.69, 9.17) is 21.3 Å². The van der Waals surface area contributed by atoms with Crippen molar-refractivity contribution in [2.75, 3.05) is 7.11 Å². The van der Waals surface area contributed by atoms with E-state index < -0.39 is 0 Å². The molecule has 144 valence electrons. The summed E-state index contributed by atoms with van der Waals surface area (Å²) in [6.45, 7) is 0. The predicted molar refractivity (Wildman–Crippen MR) is 120 cm³/mol. The van der Waals surface area contributed by atoms with Crippen LogP contribution in [0.5, 0.6) is 5.88 Å². The molecule has 0 amide bonds. The van der Waals surface area contributed by atoms with Crippen LogP contribution >= 0.6 is 22.9 Å². The van der Waals surface area contributed by atoms with Gasteiger partial charge in [0.1, 0.15) is 0 Å². The van der Waals surface area contributed by atoms with Crippen LogP contribution in [-0.2, 0) is 13.5 Å². The summed E-state index contributed by atoms with van der Waals surface area (Å²) in [7, 11) is 3.62. The molecular formula is C23H18ClN3OS. The monoisotopic (exact) mass is 419 g/mol. The van der Waals surface area contributed by atoms with Crippen molar-refractivity contribution in [2.24, 2.45) is 7.05 Å². The van der Waals surface area contributed by atoms with Crippen LogP contribution in [0, 0.1) is 0 Å². The standard InChI is InChI=1S/C23H18ClN3OS/c1-27-13-25-12-20(27)14-7-8-19-17(10-14)22(24)18(23(26-19)28-2)11-16-9-15-5-3-4-6-21(15)29-16/h3-10,12-13H,11H2,1-2H3. The van der Waals surface area contributed by atoms with Gasteiger partial charge in [0.25, 0.3) is 0 Å². The quantitative estimate of drug-likeness (QED) is 0.353. The van der Waals surface area contributed by atoms with Crippen LogP contribution in [0.1, 0.15) is 10.4 Å². The van der Waals surface area contributed by atoms with E-state index in [0.29, 0.717) is 17.3 Å². The van der Waals surface area contributed by atoms with Crippen molar-refractivity contribution in [3.8, 4) is 17.1 Å². The van der Waals surface area contributed by atoms with Crippen molar-refractivity contribution in [3.63, 3.8) is 0 Å². The number of pyridine rings is 1. The maximum Gasteiger partial charge on any atom is 0.218 e. The number of hydrogen-bond donors (Lipinski definition) is 0. The van der Waals surface area contributed by atoms with Gasteiger partial charge in [-0.05, 0) is 29.7 Å². The van der Waals surface area contributed by atoms with Gasteiger partial charge in [-0.2, -0.15) is 0 Å². The van der Waals surface area contributed by atoms with E-state index in [-0.39, 0.29) is 0 Å². The van der Waals surface area contributed by atoms with E-state index >= 15 is 0 Å². The average molecular weight is 420 g/mol. The van der Waals surface area contributed by atoms with Gasteiger partial charge in [0.05, 0.1) is 35.9 Å². The molecule has 0 fully saturated rings. The Labute approximate surface area is 177 Å². The molecule has 29 heavy (non-hydrogen) atoms. The average Bonchev–Trinajstić information content (AvgIpc) is 3.35. The molecule has 0 N–H and O–H groups in total. The molecule has 2 aromatic carbocycles. The second-order valence-corrected chi connectivity index (χ2v) is 8.51. The smallest absolute Gasteiger partial charge is 0.218 e. The molecule has 6 heteroatoms. The second kappa shape index (κ2) is 7.17. The van der Waals surface area contributed by atoms with E-state index in [1.54, 1.807) is 24.8 Å². The van der Waals surface area contributed by atoms with Crippen LogP contribution in [0.25, 0.3) is 32.2 Å². The lowest BCUT2D eigenvalue weighted by Gasteiger charge is -2.13. The van der Waals surface area contributed by atoms with Gasteiger partial charge < -0.3 is 9.30 Å². The first-order chi connectivity index (χ1) is 14.1. The molecular weight excluding hydrogens is 402 g/mol. The van der Waals surface area contributed by atoms with Gasteiger partial charge in [0.15, 0.2) is 0 Å². The fourth-order valence-corrected chi connectivity index (χ4v) is 5.03. The molecule has 0 unspecified atom stereocenters. The number of nitrogens with zero attached hydrogens (tertiary/aromatic N) is 3. The summed E-state index contributed by atoms with van der Waals surface area (Å²) >= 11 is 8.68. The molecule has 0 atom stereocenters. The number of ether oxygens (including phenoxy) is 1. The van der Waals surface area contributed by atoms with Gasteiger partial charge in [-0.15, -0.1) is 11.3 Å². The Morgan fingerprint density at radius 3 is 2.76 bits per heavy atom. The number of aryl methyl sites for hydroxylation is 1. The minimum absolute atomic E-state index is 0.577. The summed E-state index contributed by atoms with van der Waals surface area (Å²) in [5.41, 5.74) is 3.82. The lowest BCUT2D eigenvalue weighted by molar-refractivity contribution is 0.395. The van der Waals surface area contributed by atoms with Crippen LogP contribution in [0.15, 0.2) is 61.1 Å². The first kappa shape index (κ1) is 18.2. The third-order valence-electron chi connectivity index (χ3n) is 5.11. The maximum absolute atomic E-state index is 6.91. The molecule has 0 aliphatic heterocycles. The normalized spacial score (nSPS) is 11.4. The highest BCUT2D eigenvalue weighted by atomic mass is 35.5. The summed E-state index contributed by atoms with van der Waals surface area (Å²) in [6.07, 6.45) is 4.32. The zero-order chi connectivity index (χ0) is 20.0. The molecule has 0 spiro atoms. The minimum Gasteiger partial charge on any atom is -0.481 e. The highest BCUT2D eigenvalue weighted by molar-refractivity contribution is 7.19. The first-order valence-corrected chi connectivity index (χ1v) is 10.4. The summed E-state index contributed by atoms with van der Waals surface area (Å²) in [4.78, 5) is 10.2. The molecule has 4 nitrogen and oxygen atoms in total. The fourth-order valence-electron chi connectivity index (χ4n) is 3.66. The second-order valence-electron chi connectivity index (χ2n) is 6.96. The Hall–Kier alpha value is -2.89. The minimum atomic E-state index is 0.577. The predicted octanol–water partition coefficient (Wildman–Crippen LogP) is 6.10. The Balaban J connectivity index is 1.65. The van der Waals surface area contributed by atoms with E-state index in [1.807, 2.05) is 29.9 Å². The van der Waals surface area contributed by atoms with Gasteiger partial charge >= 0.3 is 0 Å². The number of hydrogen-bond acceptors (Lipinski definition) is 4. The van der Waals surface area contributed by atoms with E-state index in [2.05, 4.69) is 41.4 Å². The number of methoxy groups -OCH3 is 1. The van der Waals surface area contributed by atoms with Gasteiger partial charge in [0.2, 0.25) is 5.88 Å². The van der Waals surface area contributed by atoms with Crippen LogP contribution in [0.4, 0.5) is 0 Å². The maximum atomic E-state index is 6.91. The Kier molecular flexibility index (Phi) is 4.49. The van der Waals surface area contributed by atoms with Crippen molar-refractivity contribution in [2.45, 2.75) is 6.42 Å². The van der Waals surface area contributed by atoms with Crippen LogP contribution in [0.3, 0.4) is 0 Å². The third-order valence-corrected chi connectivity index (χ3v) is 6.66. The van der Waals surface area contributed by atoms with E-state index in [1.165, 1.54) is 15.0 Å². The summed E-state index contributed by atoms with van der Waals surface area (Å²) in [6, 6.07) is 16.7. The highest BCUT2D eigenvalue weighted by Gasteiger charge is 2.17. The highest BCUT2D eigenvalue weighted by Crippen LogP contribution is 2.37. The van der Waals surface area contributed by atoms with E-state index in [0.717, 1.165) is 27.7 Å². The molecule has 3 aromatic heterocycles. The Morgan fingerprint density at radius 2 is 2.00 bits per heavy atom. The van der Waals surface area contributed by atoms with Crippen LogP contribution in [0.2, 0.25) is 5.02 Å². The number of benzene rings is 2. The Bertz CT molecular complexity index is 1320. The molecule has 3 heterocycles. The summed E-state index contributed by atoms with van der Waals surface area (Å²) in [5.74, 6) is 0.577. The van der Waals surface area contributed by atoms with E-state index in [9.17, 15) is 0 Å². The van der Waals surface area contributed by atoms with Gasteiger partial charge in [-0.3, -0.25) is 0 Å². The van der Waals surface area contributed by atoms with Crippen molar-refractivity contribution < 1.29 is 4.74 Å². The van der Waals surface area contributed by atoms with Crippen molar-refractivity contribution in [3.05, 3.63) is 76.5 Å². The number of thiophene rings is 1. The zero-order valence-electron chi connectivity index (χ0n) is 16.0. The first-order valence-electron chi connectivity index (χ1n) is 9.24. The van der Waals surface area contributed by atoms with Crippen molar-refractivity contribution >= 4 is 43.9 Å². The lowest BCUT2D eigenvalue weighted by atomic mass is 10.0. The fraction of sp³-hybridized carbons (Fsp3) is 0.130. The molecule has 5 aromatic rings. The largest absolute Gasteiger partial charge is 0.481 e. The van der Waals surface area contributed by atoms with Gasteiger partial charge in [0, 0.05) is 39.6 Å². The SMILES string of the molecule is COc1nc2ccc(-c3cncn3C)cc2c(Cl)c1Cc1cc2ccccc2s1. The molecule has 0 saturated carbocycles. The van der Waals surface area contributed by atoms with Crippen molar-refractivity contribution in [1.29, 1.82) is 0 Å². The van der Waals surface area contributed by atoms with Crippen LogP contribution < -0.4 is 4.74 Å². The summed E-state index contributed by atoms with van der Waals surface area (Å²) in [5, 5.41) is 2.85. The molecule has 0 aliphatic carbocycles. The van der Waals surface area contributed by atoms with Gasteiger partial charge in [-0.25, -0.2) is 9.97 Å². The lowest BCUT2D eigenvalue weighted by Crippen LogP contribution is -1.99. The third kappa shape index (κ3) is 3.16. The molecule has 0 aliphatic rings. The number of imidazole rings is 1. The number of rotatable bonds is 4. The summed E-state index contributed by atoms with van der Waals surface area (Å²) < 4.78 is 8.86. The molecule has 0 radical (unpaired) electrons. The Morgan fingerprint density at radius 1 is 1.14 bits per heavy atom. The molecule has 0 saturated heterocycles. The molecule has 0 bridgehead atoms. The van der Waals surface area contributed by atoms with Crippen LogP contribution in [-0.4, -0.2) is 21.6 Å². The topological polar surface area (TPSA) is 39.9 Å². The number of aromatic nitrogens is 3. The zero-order valence-corrected chi connectivity index (χ0v) is 17.6. The number of fused-ring (bicyclic) bond motifs is 2. The molecule has 5 rings (SSSR count). The van der Waals surface area contributed by atoms with Crippen molar-refractivity contribution in [1.82, 2.24) is 14.5 Å².